The number of hydrogen-bond donors (Lipinski definition) is 2. The van der Waals surface area contributed by atoms with Crippen molar-refractivity contribution >= 4 is 23.6 Å². The summed E-state index contributed by atoms with van der Waals surface area (Å²) in [6.07, 6.45) is 1.84. The summed E-state index contributed by atoms with van der Waals surface area (Å²) in [6.45, 7) is 0. The molecule has 0 aliphatic carbocycles. The normalized spacial score (nSPS) is 11.8. The van der Waals surface area contributed by atoms with Gasteiger partial charge in [-0.25, -0.2) is 9.47 Å². The Hall–Kier alpha value is -3.27. The molecule has 0 aliphatic heterocycles. The number of aromatic nitrogens is 3. The molecule has 0 bridgehead atoms. The Bertz CT molecular complexity index is 927. The summed E-state index contributed by atoms with van der Waals surface area (Å²) in [5, 5.41) is 11.0. The Morgan fingerprint density at radius 2 is 2.04 bits per heavy atom. The van der Waals surface area contributed by atoms with Crippen LogP contribution < -0.4 is 11.2 Å². The van der Waals surface area contributed by atoms with Gasteiger partial charge in [-0.2, -0.15) is 0 Å². The van der Waals surface area contributed by atoms with Gasteiger partial charge in [-0.1, -0.05) is 42.1 Å². The predicted octanol–water partition coefficient (Wildman–Crippen LogP) is 1.24. The number of rotatable bonds is 8. The number of carbonyl (C=O) groups excluding carboxylic acids is 2. The van der Waals surface area contributed by atoms with Gasteiger partial charge in [-0.05, 0) is 17.7 Å². The fraction of sp³-hybridized carbons (Fsp3) is 0.222. The van der Waals surface area contributed by atoms with Crippen LogP contribution >= 0.6 is 11.8 Å². The van der Waals surface area contributed by atoms with Crippen LogP contribution in [-0.2, 0) is 20.7 Å². The van der Waals surface area contributed by atoms with Gasteiger partial charge < -0.3 is 20.3 Å². The van der Waals surface area contributed by atoms with Crippen molar-refractivity contribution in [2.24, 2.45) is 0 Å². The molecule has 0 saturated heterocycles. The smallest absolute Gasteiger partial charge is 0.328 e. The van der Waals surface area contributed by atoms with Gasteiger partial charge in [0.25, 0.3) is 0 Å². The summed E-state index contributed by atoms with van der Waals surface area (Å²) >= 11 is 1.10. The molecule has 28 heavy (non-hydrogen) atoms. The minimum absolute atomic E-state index is 0.00969. The van der Waals surface area contributed by atoms with Gasteiger partial charge in [0.05, 0.1) is 19.1 Å². The van der Waals surface area contributed by atoms with Gasteiger partial charge in [0, 0.05) is 6.42 Å². The van der Waals surface area contributed by atoms with E-state index in [2.05, 4.69) is 15.5 Å². The lowest BCUT2D eigenvalue weighted by Crippen LogP contribution is -2.43. The maximum absolute atomic E-state index is 12.3. The second-order valence-corrected chi connectivity index (χ2v) is 6.72. The van der Waals surface area contributed by atoms with Crippen molar-refractivity contribution in [3.63, 3.8) is 0 Å². The number of methoxy groups -OCH3 is 1. The number of thioether (sulfide) groups is 1. The highest BCUT2D eigenvalue weighted by atomic mass is 32.2. The van der Waals surface area contributed by atoms with Crippen LogP contribution in [0.15, 0.2) is 58.3 Å². The molecule has 3 rings (SSSR count). The highest BCUT2D eigenvalue weighted by molar-refractivity contribution is 7.99. The second-order valence-electron chi connectivity index (χ2n) is 5.78. The molecule has 146 valence electrons. The van der Waals surface area contributed by atoms with Crippen LogP contribution in [0.25, 0.3) is 11.6 Å². The van der Waals surface area contributed by atoms with E-state index in [9.17, 15) is 9.59 Å². The van der Waals surface area contributed by atoms with Crippen molar-refractivity contribution in [1.82, 2.24) is 20.2 Å². The number of benzene rings is 1. The largest absolute Gasteiger partial charge is 0.467 e. The third kappa shape index (κ3) is 4.71. The molecule has 3 N–H and O–H groups in total. The molecule has 10 heteroatoms. The van der Waals surface area contributed by atoms with E-state index in [0.29, 0.717) is 23.2 Å². The van der Waals surface area contributed by atoms with Gasteiger partial charge in [0.2, 0.25) is 16.9 Å². The number of nitrogens with zero attached hydrogens (tertiary/aromatic N) is 3. The number of ether oxygens (including phenoxy) is 1. The fourth-order valence-corrected chi connectivity index (χ4v) is 3.17. The Balaban J connectivity index is 1.60. The summed E-state index contributed by atoms with van der Waals surface area (Å²) in [6, 6.07) is 12.0. The van der Waals surface area contributed by atoms with Crippen LogP contribution in [-0.4, -0.2) is 45.7 Å². The van der Waals surface area contributed by atoms with Crippen molar-refractivity contribution in [3.05, 3.63) is 54.3 Å². The van der Waals surface area contributed by atoms with Crippen molar-refractivity contribution in [2.45, 2.75) is 17.6 Å². The first kappa shape index (κ1) is 19.5. The Morgan fingerprint density at radius 1 is 1.25 bits per heavy atom. The molecule has 0 unspecified atom stereocenters. The van der Waals surface area contributed by atoms with Crippen LogP contribution in [0.3, 0.4) is 0 Å². The monoisotopic (exact) mass is 401 g/mol. The average Bonchev–Trinajstić information content (AvgIpc) is 3.36. The molecule has 3 aromatic rings. The van der Waals surface area contributed by atoms with Gasteiger partial charge in [-0.15, -0.1) is 10.2 Å². The number of carbonyl (C=O) groups is 2. The van der Waals surface area contributed by atoms with E-state index >= 15 is 0 Å². The zero-order valence-corrected chi connectivity index (χ0v) is 15.9. The van der Waals surface area contributed by atoms with E-state index in [1.165, 1.54) is 18.0 Å². The molecular weight excluding hydrogens is 382 g/mol. The van der Waals surface area contributed by atoms with Crippen LogP contribution in [0.4, 0.5) is 0 Å². The van der Waals surface area contributed by atoms with Crippen molar-refractivity contribution in [3.8, 4) is 11.6 Å². The summed E-state index contributed by atoms with van der Waals surface area (Å²) in [4.78, 5) is 24.3. The first-order chi connectivity index (χ1) is 13.6. The Kier molecular flexibility index (Phi) is 6.33. The van der Waals surface area contributed by atoms with Crippen LogP contribution in [0.5, 0.6) is 0 Å². The van der Waals surface area contributed by atoms with E-state index in [0.717, 1.165) is 17.3 Å². The zero-order chi connectivity index (χ0) is 19.9. The first-order valence-corrected chi connectivity index (χ1v) is 9.35. The number of amides is 1. The Morgan fingerprint density at radius 3 is 2.71 bits per heavy atom. The number of esters is 1. The number of hydrogen-bond acceptors (Lipinski definition) is 8. The molecule has 0 saturated carbocycles. The maximum Gasteiger partial charge on any atom is 0.328 e. The first-order valence-electron chi connectivity index (χ1n) is 8.36. The molecule has 1 aromatic carbocycles. The quantitative estimate of drug-likeness (QED) is 0.328. The third-order valence-electron chi connectivity index (χ3n) is 3.84. The van der Waals surface area contributed by atoms with E-state index in [1.54, 1.807) is 12.1 Å². The highest BCUT2D eigenvalue weighted by Gasteiger charge is 2.23. The summed E-state index contributed by atoms with van der Waals surface area (Å²) < 4.78 is 11.3. The molecule has 2 aromatic heterocycles. The number of furan rings is 1. The van der Waals surface area contributed by atoms with E-state index < -0.39 is 12.0 Å². The van der Waals surface area contributed by atoms with Gasteiger partial charge >= 0.3 is 5.97 Å². The molecule has 1 atom stereocenters. The van der Waals surface area contributed by atoms with Crippen molar-refractivity contribution < 1.29 is 18.7 Å². The minimum Gasteiger partial charge on any atom is -0.467 e. The Labute approximate surface area is 165 Å². The summed E-state index contributed by atoms with van der Waals surface area (Å²) in [5.74, 6) is 5.93. The SMILES string of the molecule is COC(=O)[C@@H](Cc1ccccc1)NC(=O)CSc1nnc(-c2ccco2)n1N. The predicted molar refractivity (Wildman–Crippen MR) is 103 cm³/mol. The summed E-state index contributed by atoms with van der Waals surface area (Å²) in [7, 11) is 1.29. The average molecular weight is 401 g/mol. The van der Waals surface area contributed by atoms with E-state index in [4.69, 9.17) is 15.0 Å². The minimum atomic E-state index is -0.782. The van der Waals surface area contributed by atoms with Gasteiger partial charge in [0.1, 0.15) is 6.04 Å². The van der Waals surface area contributed by atoms with Gasteiger partial charge in [0.15, 0.2) is 5.76 Å². The van der Waals surface area contributed by atoms with Crippen molar-refractivity contribution in [2.75, 3.05) is 18.7 Å². The standard InChI is InChI=1S/C18H19N5O4S/c1-26-17(25)13(10-12-6-3-2-4-7-12)20-15(24)11-28-18-22-21-16(23(18)19)14-8-5-9-27-14/h2-9,13H,10-11,19H2,1H3,(H,20,24)/t13-/m1/s1. The molecule has 0 radical (unpaired) electrons. The highest BCUT2D eigenvalue weighted by Crippen LogP contribution is 2.21. The maximum atomic E-state index is 12.3. The molecular formula is C18H19N5O4S. The van der Waals surface area contributed by atoms with Crippen molar-refractivity contribution in [1.29, 1.82) is 0 Å². The topological polar surface area (TPSA) is 125 Å². The molecule has 0 spiro atoms. The lowest BCUT2D eigenvalue weighted by Gasteiger charge is -2.16. The lowest BCUT2D eigenvalue weighted by atomic mass is 10.1. The van der Waals surface area contributed by atoms with Crippen LogP contribution in [0, 0.1) is 0 Å². The third-order valence-corrected chi connectivity index (χ3v) is 4.79. The van der Waals surface area contributed by atoms with Crippen LogP contribution in [0.2, 0.25) is 0 Å². The van der Waals surface area contributed by atoms with Crippen LogP contribution in [0.1, 0.15) is 5.56 Å². The molecule has 0 fully saturated rings. The number of nitrogens with one attached hydrogen (secondary N) is 1. The molecule has 1 amide bonds. The number of nitrogens with two attached hydrogens (primary N) is 1. The lowest BCUT2D eigenvalue weighted by molar-refractivity contribution is -0.144. The fourth-order valence-electron chi connectivity index (χ4n) is 2.50. The van der Waals surface area contributed by atoms with Gasteiger partial charge in [-0.3, -0.25) is 4.79 Å². The summed E-state index contributed by atoms with van der Waals surface area (Å²) in [5.41, 5.74) is 0.913. The molecule has 9 nitrogen and oxygen atoms in total. The molecule has 2 heterocycles. The second kappa shape index (κ2) is 9.09. The van der Waals surface area contributed by atoms with E-state index in [-0.39, 0.29) is 11.7 Å². The molecule has 0 aliphatic rings. The number of nitrogen functional groups attached to an aromatic ring is 1. The zero-order valence-electron chi connectivity index (χ0n) is 15.1. The van der Waals surface area contributed by atoms with E-state index in [1.807, 2.05) is 30.3 Å².